The molecule has 5 rings (SSSR count). The molecule has 2 bridgehead atoms. The Bertz CT molecular complexity index is 1190. The van der Waals surface area contributed by atoms with Gasteiger partial charge < -0.3 is 25.4 Å². The van der Waals surface area contributed by atoms with Crippen molar-refractivity contribution < 1.29 is 24.2 Å². The summed E-state index contributed by atoms with van der Waals surface area (Å²) in [6.45, 7) is 4.60. The van der Waals surface area contributed by atoms with E-state index in [4.69, 9.17) is 4.74 Å². The van der Waals surface area contributed by atoms with Crippen molar-refractivity contribution in [2.24, 2.45) is 11.8 Å². The summed E-state index contributed by atoms with van der Waals surface area (Å²) in [6, 6.07) is 14.7. The van der Waals surface area contributed by atoms with Crippen molar-refractivity contribution >= 4 is 23.4 Å². The number of amides is 3. The number of fused-ring (bicyclic) bond motifs is 1. The van der Waals surface area contributed by atoms with Gasteiger partial charge in [0.15, 0.2) is 0 Å². The van der Waals surface area contributed by atoms with E-state index in [0.29, 0.717) is 44.5 Å². The molecule has 2 aromatic rings. The van der Waals surface area contributed by atoms with Gasteiger partial charge in [-0.2, -0.15) is 0 Å². The van der Waals surface area contributed by atoms with E-state index in [9.17, 15) is 19.5 Å². The van der Waals surface area contributed by atoms with E-state index in [0.717, 1.165) is 16.7 Å². The second kappa shape index (κ2) is 10.3. The van der Waals surface area contributed by atoms with Crippen molar-refractivity contribution in [2.75, 3.05) is 18.5 Å². The first-order valence-electron chi connectivity index (χ1n) is 13.1. The number of hydrogen-bond donors (Lipinski definition) is 3. The van der Waals surface area contributed by atoms with Gasteiger partial charge in [-0.25, -0.2) is 0 Å². The molecule has 3 saturated heterocycles. The Kier molecular flexibility index (Phi) is 7.05. The Morgan fingerprint density at radius 3 is 2.65 bits per heavy atom. The van der Waals surface area contributed by atoms with Crippen molar-refractivity contribution in [3.8, 4) is 0 Å². The van der Waals surface area contributed by atoms with Gasteiger partial charge >= 0.3 is 0 Å². The van der Waals surface area contributed by atoms with Gasteiger partial charge in [0.05, 0.1) is 17.9 Å². The van der Waals surface area contributed by atoms with E-state index < -0.39 is 23.5 Å². The number of likely N-dealkylation sites (tertiary alicyclic amines) is 1. The summed E-state index contributed by atoms with van der Waals surface area (Å²) in [7, 11) is 0. The third-order valence-corrected chi connectivity index (χ3v) is 8.12. The maximum Gasteiger partial charge on any atom is 0.250 e. The molecule has 0 radical (unpaired) electrons. The van der Waals surface area contributed by atoms with E-state index in [1.165, 1.54) is 0 Å². The van der Waals surface area contributed by atoms with Crippen molar-refractivity contribution in [3.05, 3.63) is 65.2 Å². The maximum absolute atomic E-state index is 13.9. The number of hydrogen-bond acceptors (Lipinski definition) is 5. The molecule has 2 unspecified atom stereocenters. The van der Waals surface area contributed by atoms with E-state index in [-0.39, 0.29) is 30.4 Å². The van der Waals surface area contributed by atoms with E-state index >= 15 is 0 Å². The van der Waals surface area contributed by atoms with Gasteiger partial charge in [0.1, 0.15) is 11.6 Å². The van der Waals surface area contributed by atoms with Crippen LogP contribution in [0, 0.1) is 25.7 Å². The molecule has 3 fully saturated rings. The van der Waals surface area contributed by atoms with Crippen LogP contribution in [0.1, 0.15) is 42.4 Å². The number of nitrogens with one attached hydrogen (secondary N) is 2. The quantitative estimate of drug-likeness (QED) is 0.454. The Balaban J connectivity index is 1.42. The lowest BCUT2D eigenvalue weighted by Gasteiger charge is -2.33. The standard InChI is InChI=1S/C29H35N3O5/c1-18-10-11-19(2)21(16-18)31-27(35)25-29-13-12-22(37-29)23(24(29)28(36)32(25)14-6-7-15-33)26(34)30-17-20-8-4-3-5-9-20/h3-5,8-11,16,22-25,33H,6-7,12-15,17H2,1-2H3,(H,30,34)(H,31,35)/t22-,23+,24-,25?,29?/m0/s1. The van der Waals surface area contributed by atoms with Gasteiger partial charge in [0.25, 0.3) is 0 Å². The largest absolute Gasteiger partial charge is 0.396 e. The second-order valence-corrected chi connectivity index (χ2v) is 10.5. The summed E-state index contributed by atoms with van der Waals surface area (Å²) in [6.07, 6.45) is 1.88. The topological polar surface area (TPSA) is 108 Å². The van der Waals surface area contributed by atoms with Gasteiger partial charge in [-0.15, -0.1) is 0 Å². The molecule has 8 heteroatoms. The van der Waals surface area contributed by atoms with Crippen molar-refractivity contribution in [3.63, 3.8) is 0 Å². The number of ether oxygens (including phenoxy) is 1. The maximum atomic E-state index is 13.9. The lowest BCUT2D eigenvalue weighted by Crippen LogP contribution is -2.53. The molecule has 3 amide bonds. The van der Waals surface area contributed by atoms with Gasteiger partial charge in [-0.05, 0) is 62.3 Å². The number of anilines is 1. The smallest absolute Gasteiger partial charge is 0.250 e. The zero-order valence-corrected chi connectivity index (χ0v) is 21.4. The van der Waals surface area contributed by atoms with Crippen molar-refractivity contribution in [2.45, 2.75) is 63.8 Å². The van der Waals surface area contributed by atoms with E-state index in [1.54, 1.807) is 4.90 Å². The summed E-state index contributed by atoms with van der Waals surface area (Å²) in [5, 5.41) is 15.4. The highest BCUT2D eigenvalue weighted by Gasteiger charge is 2.74. The predicted molar refractivity (Wildman–Crippen MR) is 138 cm³/mol. The van der Waals surface area contributed by atoms with Crippen LogP contribution in [-0.2, 0) is 25.7 Å². The number of rotatable bonds is 9. The first kappa shape index (κ1) is 25.4. The van der Waals surface area contributed by atoms with Crippen LogP contribution >= 0.6 is 0 Å². The average Bonchev–Trinajstić information content (AvgIpc) is 3.53. The summed E-state index contributed by atoms with van der Waals surface area (Å²) in [5.74, 6) is -2.05. The molecular formula is C29H35N3O5. The molecule has 0 aromatic heterocycles. The minimum absolute atomic E-state index is 0.0129. The fourth-order valence-electron chi connectivity index (χ4n) is 6.36. The van der Waals surface area contributed by atoms with Crippen LogP contribution in [0.25, 0.3) is 0 Å². The molecule has 37 heavy (non-hydrogen) atoms. The van der Waals surface area contributed by atoms with Gasteiger partial charge in [-0.3, -0.25) is 14.4 Å². The highest BCUT2D eigenvalue weighted by molar-refractivity contribution is 6.03. The number of nitrogens with zero attached hydrogens (tertiary/aromatic N) is 1. The van der Waals surface area contributed by atoms with Crippen LogP contribution in [-0.4, -0.2) is 58.6 Å². The van der Waals surface area contributed by atoms with E-state index in [2.05, 4.69) is 10.6 Å². The van der Waals surface area contributed by atoms with Crippen LogP contribution < -0.4 is 10.6 Å². The molecule has 0 saturated carbocycles. The lowest BCUT2D eigenvalue weighted by atomic mass is 9.70. The predicted octanol–water partition coefficient (Wildman–Crippen LogP) is 2.71. The average molecular weight is 506 g/mol. The number of unbranched alkanes of at least 4 members (excludes halogenated alkanes) is 1. The highest BCUT2D eigenvalue weighted by Crippen LogP contribution is 2.58. The van der Waals surface area contributed by atoms with Gasteiger partial charge in [0.2, 0.25) is 17.7 Å². The van der Waals surface area contributed by atoms with Crippen molar-refractivity contribution in [1.29, 1.82) is 0 Å². The monoisotopic (exact) mass is 505 g/mol. The zero-order valence-electron chi connectivity index (χ0n) is 21.4. The molecule has 3 aliphatic heterocycles. The number of benzene rings is 2. The van der Waals surface area contributed by atoms with E-state index in [1.807, 2.05) is 62.4 Å². The number of aliphatic hydroxyl groups excluding tert-OH is 1. The first-order valence-corrected chi connectivity index (χ1v) is 13.1. The third kappa shape index (κ3) is 4.53. The lowest BCUT2D eigenvalue weighted by molar-refractivity contribution is -0.141. The van der Waals surface area contributed by atoms with Gasteiger partial charge in [0, 0.05) is 25.4 Å². The Hall–Kier alpha value is -3.23. The number of aryl methyl sites for hydroxylation is 2. The van der Waals surface area contributed by atoms with Crippen molar-refractivity contribution in [1.82, 2.24) is 10.2 Å². The number of carbonyl (C=O) groups is 3. The Labute approximate surface area is 217 Å². The molecule has 3 N–H and O–H groups in total. The highest BCUT2D eigenvalue weighted by atomic mass is 16.5. The van der Waals surface area contributed by atoms with Gasteiger partial charge in [-0.1, -0.05) is 42.5 Å². The minimum Gasteiger partial charge on any atom is -0.396 e. The van der Waals surface area contributed by atoms with Crippen LogP contribution in [0.5, 0.6) is 0 Å². The summed E-state index contributed by atoms with van der Waals surface area (Å²) in [4.78, 5) is 42.7. The summed E-state index contributed by atoms with van der Waals surface area (Å²) in [5.41, 5.74) is 2.60. The number of carbonyl (C=O) groups excluding carboxylic acids is 3. The molecule has 1 spiro atoms. The fraction of sp³-hybridized carbons (Fsp3) is 0.483. The molecule has 0 aliphatic carbocycles. The fourth-order valence-corrected chi connectivity index (χ4v) is 6.36. The Morgan fingerprint density at radius 2 is 1.89 bits per heavy atom. The second-order valence-electron chi connectivity index (χ2n) is 10.5. The zero-order chi connectivity index (χ0) is 26.2. The Morgan fingerprint density at radius 1 is 1.11 bits per heavy atom. The van der Waals surface area contributed by atoms with Crippen LogP contribution in [0.4, 0.5) is 5.69 Å². The first-order chi connectivity index (χ1) is 17.9. The molecule has 8 nitrogen and oxygen atoms in total. The molecule has 3 heterocycles. The third-order valence-electron chi connectivity index (χ3n) is 8.12. The minimum atomic E-state index is -1.03. The van der Waals surface area contributed by atoms with Crippen LogP contribution in [0.15, 0.2) is 48.5 Å². The number of aliphatic hydroxyl groups is 1. The molecular weight excluding hydrogens is 470 g/mol. The SMILES string of the molecule is Cc1ccc(C)c(NC(=O)C2N(CCCCO)C(=O)[C@@H]3[C@H](C(=O)NCc4ccccc4)[C@@H]4CCC23O4)c1. The summed E-state index contributed by atoms with van der Waals surface area (Å²) < 4.78 is 6.47. The molecule has 196 valence electrons. The normalized spacial score (nSPS) is 27.9. The molecule has 2 aromatic carbocycles. The summed E-state index contributed by atoms with van der Waals surface area (Å²) >= 11 is 0. The van der Waals surface area contributed by atoms with Crippen LogP contribution in [0.2, 0.25) is 0 Å². The van der Waals surface area contributed by atoms with Crippen LogP contribution in [0.3, 0.4) is 0 Å². The molecule has 3 aliphatic rings. The molecule has 5 atom stereocenters.